The molecule has 194 valence electrons. The number of amides is 1. The molecule has 0 saturated heterocycles. The topological polar surface area (TPSA) is 77.5 Å². The Bertz CT molecular complexity index is 1360. The summed E-state index contributed by atoms with van der Waals surface area (Å²) in [4.78, 5) is 31.1. The van der Waals surface area contributed by atoms with Gasteiger partial charge in [-0.3, -0.25) is 4.79 Å². The second kappa shape index (κ2) is 9.44. The third-order valence-corrected chi connectivity index (χ3v) is 7.99. The number of thiazole rings is 1. The smallest absolute Gasteiger partial charge is 0.465 e. The van der Waals surface area contributed by atoms with Crippen LogP contribution in [0.3, 0.4) is 0 Å². The number of benzene rings is 2. The van der Waals surface area contributed by atoms with Crippen molar-refractivity contribution in [3.63, 3.8) is 0 Å². The number of ether oxygens (including phenoxy) is 2. The minimum atomic E-state index is -4.95. The van der Waals surface area contributed by atoms with E-state index in [1.165, 1.54) is 30.9 Å². The first-order chi connectivity index (χ1) is 17.6. The summed E-state index contributed by atoms with van der Waals surface area (Å²) in [7, 11) is 1.26. The van der Waals surface area contributed by atoms with Gasteiger partial charge in [-0.1, -0.05) is 18.6 Å². The van der Waals surface area contributed by atoms with Crippen LogP contribution < -0.4 is 10.1 Å². The van der Waals surface area contributed by atoms with Crippen LogP contribution in [0.2, 0.25) is 0 Å². The number of hydrogen-bond acceptors (Lipinski definition) is 6. The molecule has 2 aromatic carbocycles. The fourth-order valence-corrected chi connectivity index (χ4v) is 5.57. The molecule has 1 N–H and O–H groups in total. The molecule has 0 spiro atoms. The molecule has 2 aliphatic carbocycles. The van der Waals surface area contributed by atoms with E-state index in [-0.39, 0.29) is 11.1 Å². The van der Waals surface area contributed by atoms with Crippen LogP contribution in [0.1, 0.15) is 59.0 Å². The van der Waals surface area contributed by atoms with Crippen molar-refractivity contribution in [1.29, 1.82) is 0 Å². The first kappa shape index (κ1) is 25.2. The molecule has 1 amide bonds. The van der Waals surface area contributed by atoms with Gasteiger partial charge in [0.25, 0.3) is 0 Å². The van der Waals surface area contributed by atoms with Gasteiger partial charge in [-0.2, -0.15) is 0 Å². The molecule has 0 atom stereocenters. The number of nitrogens with one attached hydrogen (secondary N) is 1. The summed E-state index contributed by atoms with van der Waals surface area (Å²) in [6, 6.07) is 7.56. The molecule has 2 saturated carbocycles. The van der Waals surface area contributed by atoms with Gasteiger partial charge < -0.3 is 14.8 Å². The van der Waals surface area contributed by atoms with Gasteiger partial charge in [0.1, 0.15) is 11.6 Å². The van der Waals surface area contributed by atoms with Crippen molar-refractivity contribution in [3.05, 3.63) is 64.5 Å². The average molecular weight is 535 g/mol. The number of methoxy groups -OCH3 is 1. The van der Waals surface area contributed by atoms with E-state index < -0.39 is 35.2 Å². The Morgan fingerprint density at radius 2 is 1.89 bits per heavy atom. The molecule has 2 aliphatic rings. The van der Waals surface area contributed by atoms with Crippen LogP contribution in [-0.2, 0) is 14.9 Å². The van der Waals surface area contributed by atoms with Gasteiger partial charge in [0.2, 0.25) is 5.91 Å². The molecule has 2 fully saturated rings. The molecule has 5 rings (SSSR count). The lowest BCUT2D eigenvalue weighted by molar-refractivity contribution is -0.274. The predicted molar refractivity (Wildman–Crippen MR) is 128 cm³/mol. The molecule has 0 bridgehead atoms. The van der Waals surface area contributed by atoms with Gasteiger partial charge in [0.15, 0.2) is 0 Å². The zero-order chi connectivity index (χ0) is 26.4. The third kappa shape index (κ3) is 5.04. The molecule has 6 nitrogen and oxygen atoms in total. The highest BCUT2D eigenvalue weighted by atomic mass is 32.1. The van der Waals surface area contributed by atoms with Crippen molar-refractivity contribution in [2.45, 2.75) is 49.8 Å². The fraction of sp³-hybridized carbons (Fsp3) is 0.346. The van der Waals surface area contributed by atoms with Gasteiger partial charge in [0, 0.05) is 35.0 Å². The molecule has 37 heavy (non-hydrogen) atoms. The summed E-state index contributed by atoms with van der Waals surface area (Å²) in [6.45, 7) is 0. The van der Waals surface area contributed by atoms with E-state index in [4.69, 9.17) is 4.74 Å². The summed E-state index contributed by atoms with van der Waals surface area (Å²) >= 11 is 1.52. The van der Waals surface area contributed by atoms with E-state index in [1.54, 1.807) is 18.3 Å². The molecular weight excluding hydrogens is 512 g/mol. The van der Waals surface area contributed by atoms with Crippen LogP contribution in [0.4, 0.5) is 23.2 Å². The summed E-state index contributed by atoms with van der Waals surface area (Å²) < 4.78 is 60.8. The Labute approximate surface area is 213 Å². The minimum absolute atomic E-state index is 0.0162. The third-order valence-electron chi connectivity index (χ3n) is 6.80. The van der Waals surface area contributed by atoms with Gasteiger partial charge >= 0.3 is 12.3 Å². The number of rotatable bonds is 7. The van der Waals surface area contributed by atoms with Gasteiger partial charge in [-0.05, 0) is 43.9 Å². The Balaban J connectivity index is 1.38. The monoisotopic (exact) mass is 534 g/mol. The first-order valence-electron chi connectivity index (χ1n) is 11.7. The quantitative estimate of drug-likeness (QED) is 0.274. The number of alkyl halides is 3. The first-order valence-corrected chi connectivity index (χ1v) is 12.5. The number of hydrogen-bond donors (Lipinski definition) is 1. The molecular formula is C26H22F4N2O4S. The molecule has 1 heterocycles. The number of halogens is 4. The highest BCUT2D eigenvalue weighted by Crippen LogP contribution is 2.50. The Hall–Kier alpha value is -3.47. The van der Waals surface area contributed by atoms with Crippen LogP contribution >= 0.6 is 11.3 Å². The van der Waals surface area contributed by atoms with Gasteiger partial charge in [-0.25, -0.2) is 14.2 Å². The van der Waals surface area contributed by atoms with Crippen LogP contribution in [0.15, 0.2) is 42.6 Å². The lowest BCUT2D eigenvalue weighted by Crippen LogP contribution is -2.29. The van der Waals surface area contributed by atoms with E-state index in [2.05, 4.69) is 15.0 Å². The van der Waals surface area contributed by atoms with Crippen molar-refractivity contribution in [3.8, 4) is 16.2 Å². The van der Waals surface area contributed by atoms with Gasteiger partial charge in [-0.15, -0.1) is 24.5 Å². The van der Waals surface area contributed by atoms with Crippen molar-refractivity contribution in [1.82, 2.24) is 4.98 Å². The molecule has 0 aliphatic heterocycles. The number of carbonyl (C=O) groups is 2. The fourth-order valence-electron chi connectivity index (χ4n) is 4.45. The van der Waals surface area contributed by atoms with Crippen LogP contribution in [0, 0.1) is 5.82 Å². The van der Waals surface area contributed by atoms with Crippen molar-refractivity contribution >= 4 is 28.9 Å². The summed E-state index contributed by atoms with van der Waals surface area (Å²) in [6.07, 6.45) is 0.795. The Morgan fingerprint density at radius 1 is 1.14 bits per heavy atom. The lowest BCUT2D eigenvalue weighted by atomic mass is 9.86. The molecule has 11 heteroatoms. The average Bonchev–Trinajstić information content (AvgIpc) is 3.48. The summed E-state index contributed by atoms with van der Waals surface area (Å²) in [5.41, 5.74) is -0.0615. The predicted octanol–water partition coefficient (Wildman–Crippen LogP) is 6.57. The van der Waals surface area contributed by atoms with E-state index >= 15 is 0 Å². The molecule has 3 aromatic rings. The molecule has 1 aromatic heterocycles. The second-order valence-electron chi connectivity index (χ2n) is 9.17. The van der Waals surface area contributed by atoms with E-state index in [1.807, 2.05) is 0 Å². The zero-order valence-corrected chi connectivity index (χ0v) is 20.5. The van der Waals surface area contributed by atoms with Crippen molar-refractivity contribution < 1.29 is 36.6 Å². The minimum Gasteiger partial charge on any atom is -0.465 e. The molecule has 0 radical (unpaired) electrons. The van der Waals surface area contributed by atoms with E-state index in [9.17, 15) is 27.2 Å². The largest absolute Gasteiger partial charge is 0.573 e. The maximum Gasteiger partial charge on any atom is 0.573 e. The zero-order valence-electron chi connectivity index (χ0n) is 19.7. The maximum atomic E-state index is 14.7. The van der Waals surface area contributed by atoms with Crippen LogP contribution in [0.25, 0.3) is 10.4 Å². The van der Waals surface area contributed by atoms with E-state index in [0.717, 1.165) is 34.9 Å². The number of esters is 1. The number of anilines is 1. The van der Waals surface area contributed by atoms with Crippen molar-refractivity contribution in [2.24, 2.45) is 0 Å². The summed E-state index contributed by atoms with van der Waals surface area (Å²) in [5.74, 6) is -2.33. The second-order valence-corrected chi connectivity index (χ2v) is 10.2. The SMILES string of the molecule is COC(=O)c1cc(NC(=O)C2(c3ccc(OC(F)(F)F)cc3F)CC2)ccc1-c1cnc(C2CCC2)s1. The maximum absolute atomic E-state index is 14.7. The lowest BCUT2D eigenvalue weighted by Gasteiger charge is -2.22. The standard InChI is InChI=1S/C26H22F4N2O4S/c1-35-23(33)18-11-15(5-7-17(18)21-13-31-22(37-21)14-3-2-4-14)32-24(34)25(9-10-25)19-8-6-16(12-20(19)27)36-26(28,29)30/h5-8,11-14H,2-4,9-10H2,1H3,(H,32,34). The normalized spacial score (nSPS) is 16.6. The number of carbonyl (C=O) groups excluding carboxylic acids is 2. The number of aromatic nitrogens is 1. The van der Waals surface area contributed by atoms with E-state index in [0.29, 0.717) is 36.1 Å². The van der Waals surface area contributed by atoms with Crippen molar-refractivity contribution in [2.75, 3.05) is 12.4 Å². The Kier molecular flexibility index (Phi) is 6.43. The Morgan fingerprint density at radius 3 is 2.49 bits per heavy atom. The van der Waals surface area contributed by atoms with Crippen LogP contribution in [0.5, 0.6) is 5.75 Å². The number of nitrogens with zero attached hydrogens (tertiary/aromatic N) is 1. The van der Waals surface area contributed by atoms with Gasteiger partial charge in [0.05, 0.1) is 28.0 Å². The summed E-state index contributed by atoms with van der Waals surface area (Å²) in [5, 5.41) is 3.75. The highest BCUT2D eigenvalue weighted by molar-refractivity contribution is 7.15. The highest BCUT2D eigenvalue weighted by Gasteiger charge is 2.53. The molecule has 0 unspecified atom stereocenters. The van der Waals surface area contributed by atoms with Crippen LogP contribution in [-0.4, -0.2) is 30.3 Å².